The molecule has 15 atom stereocenters. The molecule has 0 aromatic rings. The van der Waals surface area contributed by atoms with Gasteiger partial charge < -0.3 is 86.1 Å². The van der Waals surface area contributed by atoms with Gasteiger partial charge in [0.25, 0.3) is 0 Å². The number of rotatable bonds is 22. The summed E-state index contributed by atoms with van der Waals surface area (Å²) in [5.74, 6) is -2.59. The smallest absolute Gasteiger partial charge is 0.735 e. The van der Waals surface area contributed by atoms with Crippen LogP contribution in [-0.4, -0.2) is 223 Å². The van der Waals surface area contributed by atoms with Gasteiger partial charge in [-0.05, 0) is 0 Å². The van der Waals surface area contributed by atoms with Crippen molar-refractivity contribution in [1.82, 2.24) is 14.2 Å². The SMILES string of the molecule is O=C([O-])[C@H]1O[C@@H](O[C@H]2[C@H](O)[C@@H](NS(=O)(=O)[O-])[C@@H](OCCNS(=O)(=O)[O-])O[C@@H]2COS(=O)(=O)[O-])[C@H](OS(=O)(=O)[O-])[C@@H](O)[C@@H]1O[C@H]1O[C@H](COS(=O)(=O)[O-])[C@@H](O)[C@H](O)[C@H]1NS(=O)(=O)[O-].[Na+].[Na+].[Na+].[Na+].[Na+].[Na+].[Na+]. The second kappa shape index (κ2) is 34.5. The Hall–Kier alpha value is 5.29. The van der Waals surface area contributed by atoms with E-state index in [4.69, 9.17) is 28.4 Å². The Morgan fingerprint density at radius 2 is 0.942 bits per heavy atom. The van der Waals surface area contributed by atoms with Crippen LogP contribution in [0.5, 0.6) is 0 Å². The summed E-state index contributed by atoms with van der Waals surface area (Å²) in [6.45, 7) is -5.13. The van der Waals surface area contributed by atoms with E-state index < -0.39 is 186 Å². The molecule has 3 rings (SSSR count). The average molecular weight is 1190 g/mol. The first kappa shape index (κ1) is 83.1. The zero-order valence-corrected chi connectivity index (χ0v) is 55.5. The zero-order valence-electron chi connectivity index (χ0n) is 36.6. The van der Waals surface area contributed by atoms with Crippen LogP contribution in [0.25, 0.3) is 0 Å². The van der Waals surface area contributed by atoms with Crippen molar-refractivity contribution in [3.63, 3.8) is 0 Å². The topological polar surface area (TPSA) is 583 Å². The maximum absolute atomic E-state index is 12.4. The normalized spacial score (nSPS) is 32.1. The molecule has 3 heterocycles. The molecule has 0 saturated carbocycles. The number of nitrogens with one attached hydrogen (secondary N) is 3. The Labute approximate surface area is 547 Å². The van der Waals surface area contributed by atoms with E-state index in [0.717, 1.165) is 4.72 Å². The summed E-state index contributed by atoms with van der Waals surface area (Å²) >= 11 is 0. The molecule has 49 heteroatoms. The molecule has 7 N–H and O–H groups in total. The summed E-state index contributed by atoms with van der Waals surface area (Å²) < 4.78 is 251. The van der Waals surface area contributed by atoms with Gasteiger partial charge in [0.05, 0.1) is 25.8 Å². The second-order valence-corrected chi connectivity index (χ2v) is 18.9. The fourth-order valence-corrected chi connectivity index (χ4v) is 8.18. The molecule has 3 aliphatic rings. The average Bonchev–Trinajstić information content (AvgIpc) is 3.07. The summed E-state index contributed by atoms with van der Waals surface area (Å²) in [5, 5.41) is 55.7. The predicted octanol–water partition coefficient (Wildman–Crippen LogP) is -34.1. The Bertz CT molecular complexity index is 2260. The van der Waals surface area contributed by atoms with Crippen LogP contribution in [0.4, 0.5) is 0 Å². The second-order valence-electron chi connectivity index (χ2n) is 12.3. The van der Waals surface area contributed by atoms with Gasteiger partial charge in [0, 0.05) is 6.54 Å². The van der Waals surface area contributed by atoms with Gasteiger partial charge in [0.2, 0.25) is 31.2 Å². The van der Waals surface area contributed by atoms with Gasteiger partial charge in [-0.3, -0.25) is 12.5 Å². The van der Waals surface area contributed by atoms with Crippen LogP contribution in [-0.2, 0) is 108 Å². The van der Waals surface area contributed by atoms with Crippen LogP contribution >= 0.6 is 0 Å². The van der Waals surface area contributed by atoms with Crippen molar-refractivity contribution in [3.05, 3.63) is 0 Å². The molecule has 0 radical (unpaired) electrons. The molecular formula is C20H30N3Na7O33S6. The number of aliphatic hydroxyl groups excluding tert-OH is 4. The van der Waals surface area contributed by atoms with Crippen molar-refractivity contribution in [2.45, 2.75) is 92.0 Å². The molecule has 3 fully saturated rings. The van der Waals surface area contributed by atoms with E-state index >= 15 is 0 Å². The number of carbonyl (C=O) groups is 1. The minimum absolute atomic E-state index is 0. The molecule has 366 valence electrons. The van der Waals surface area contributed by atoms with Crippen LogP contribution in [0, 0.1) is 0 Å². The number of ether oxygens (including phenoxy) is 6. The molecule has 0 aliphatic carbocycles. The van der Waals surface area contributed by atoms with Crippen molar-refractivity contribution in [1.29, 1.82) is 0 Å². The van der Waals surface area contributed by atoms with Crippen molar-refractivity contribution in [3.8, 4) is 0 Å². The van der Waals surface area contributed by atoms with Gasteiger partial charge >= 0.3 is 207 Å². The Morgan fingerprint density at radius 1 is 0.507 bits per heavy atom. The summed E-state index contributed by atoms with van der Waals surface area (Å²) in [6, 6.07) is -5.15. The fraction of sp³-hybridized carbons (Fsp3) is 0.950. The van der Waals surface area contributed by atoms with E-state index in [-0.39, 0.29) is 207 Å². The van der Waals surface area contributed by atoms with Crippen LogP contribution in [0.2, 0.25) is 0 Å². The molecule has 0 bridgehead atoms. The number of aliphatic carboxylic acids is 1. The van der Waals surface area contributed by atoms with Gasteiger partial charge in [-0.15, -0.1) is 0 Å². The Kier molecular flexibility index (Phi) is 41.6. The maximum atomic E-state index is 12.4. The van der Waals surface area contributed by atoms with Gasteiger partial charge in [-0.2, -0.15) is 0 Å². The number of carbonyl (C=O) groups excluding carboxylic acids is 1. The molecule has 36 nitrogen and oxygen atoms in total. The van der Waals surface area contributed by atoms with Gasteiger partial charge in [-0.1, -0.05) is 0 Å². The van der Waals surface area contributed by atoms with Crippen molar-refractivity contribution < 1.29 is 356 Å². The number of carboxylic acids is 1. The van der Waals surface area contributed by atoms with Crippen molar-refractivity contribution in [2.75, 3.05) is 26.4 Å². The summed E-state index contributed by atoms with van der Waals surface area (Å²) in [4.78, 5) is 12.4. The van der Waals surface area contributed by atoms with Gasteiger partial charge in [0.15, 0.2) is 55.9 Å². The first-order valence-electron chi connectivity index (χ1n) is 15.8. The largest absolute Gasteiger partial charge is 1.00 e. The minimum Gasteiger partial charge on any atom is -0.735 e. The van der Waals surface area contributed by atoms with E-state index in [0.29, 0.717) is 0 Å². The van der Waals surface area contributed by atoms with Crippen LogP contribution in [0.15, 0.2) is 0 Å². The molecule has 3 saturated heterocycles. The minimum atomic E-state index is -6.22. The number of carboxylic acid groups (broad SMARTS) is 1. The zero-order chi connectivity index (χ0) is 47.6. The van der Waals surface area contributed by atoms with Crippen LogP contribution in [0.1, 0.15) is 0 Å². The third-order valence-corrected chi connectivity index (χ3v) is 10.9. The molecule has 0 unspecified atom stereocenters. The van der Waals surface area contributed by atoms with Crippen LogP contribution < -0.4 is 226 Å². The molecule has 0 aromatic carbocycles. The van der Waals surface area contributed by atoms with Crippen molar-refractivity contribution >= 4 is 68.1 Å². The molecule has 0 amide bonds. The van der Waals surface area contributed by atoms with E-state index in [1.165, 1.54) is 9.44 Å². The fourth-order valence-electron chi connectivity index (χ4n) is 5.60. The third-order valence-electron chi connectivity index (χ3n) is 7.92. The third kappa shape index (κ3) is 29.5. The van der Waals surface area contributed by atoms with E-state index in [1.807, 2.05) is 0 Å². The summed E-state index contributed by atoms with van der Waals surface area (Å²) in [5.41, 5.74) is 0. The number of aliphatic hydroxyl groups is 4. The molecular weight excluding hydrogens is 1160 g/mol. The number of hydrogen-bond donors (Lipinski definition) is 7. The number of hydrogen-bond acceptors (Lipinski definition) is 33. The maximum Gasteiger partial charge on any atom is 1.00 e. The molecule has 0 spiro atoms. The van der Waals surface area contributed by atoms with Crippen molar-refractivity contribution in [2.24, 2.45) is 0 Å². The Morgan fingerprint density at radius 3 is 1.36 bits per heavy atom. The first-order valence-corrected chi connectivity index (χ1v) is 24.0. The molecule has 69 heavy (non-hydrogen) atoms. The summed E-state index contributed by atoms with van der Waals surface area (Å²) in [7, 11) is -34.3. The molecule has 3 aliphatic heterocycles. The predicted molar refractivity (Wildman–Crippen MR) is 168 cm³/mol. The van der Waals surface area contributed by atoms with Crippen LogP contribution in [0.3, 0.4) is 0 Å². The molecule has 0 aromatic heterocycles. The summed E-state index contributed by atoms with van der Waals surface area (Å²) in [6.07, 6.45) is -35.7. The van der Waals surface area contributed by atoms with E-state index in [9.17, 15) is 108 Å². The first-order chi connectivity index (χ1) is 28.0. The van der Waals surface area contributed by atoms with E-state index in [2.05, 4.69) is 12.5 Å². The monoisotopic (exact) mass is 1190 g/mol. The van der Waals surface area contributed by atoms with Gasteiger partial charge in [-0.25, -0.2) is 64.7 Å². The Balaban J connectivity index is -0.00000195. The van der Waals surface area contributed by atoms with Gasteiger partial charge in [0.1, 0.15) is 67.0 Å². The quantitative estimate of drug-likeness (QED) is 0.0229. The standard InChI is InChI=1S/C20H37N3O33S6.7Na/c24-9-5(3-49-60(39,40)41)51-19(7(10(9)25)22-58(33,34)35)54-14-12(27)15(56-62(45,46)47)20(55-16(14)17(28)29)53-13-6(4-50-61(42,43)44)52-18(48-2-1-21-57(30,31)32)8(11(13)26)23-59(36,37)38;;;;;;;/h5-16,18-27H,1-4H2,(H,28,29)(H,30,31,32)(H,33,34,35)(H,36,37,38)(H,39,40,41)(H,42,43,44)(H,45,46,47);;;;;;;/q;7*+1/p-7/t5-,6-,7-,8-,9-,10-,11-,12+,13-,14+,15-,16+,18+,19-,20-;;;;;;;/m1......./s1. The van der Waals surface area contributed by atoms with E-state index in [1.54, 1.807) is 0 Å².